The number of ether oxygens (including phenoxy) is 1. The molecule has 0 radical (unpaired) electrons. The Morgan fingerprint density at radius 2 is 1.82 bits per heavy atom. The summed E-state index contributed by atoms with van der Waals surface area (Å²) in [4.78, 5) is 0. The SMILES string of the molecule is O[C@H]1CC[C@@H]2CCCC[C@@H]2O1. The Morgan fingerprint density at radius 3 is 2.73 bits per heavy atom. The third-order valence-corrected chi connectivity index (χ3v) is 2.96. The van der Waals surface area contributed by atoms with Crippen molar-refractivity contribution in [3.8, 4) is 0 Å². The molecule has 0 aromatic rings. The Hall–Kier alpha value is -0.0800. The van der Waals surface area contributed by atoms with Crippen molar-refractivity contribution in [2.75, 3.05) is 0 Å². The number of aliphatic hydroxyl groups excluding tert-OH is 1. The summed E-state index contributed by atoms with van der Waals surface area (Å²) >= 11 is 0. The smallest absolute Gasteiger partial charge is 0.154 e. The maximum absolute atomic E-state index is 9.23. The lowest BCUT2D eigenvalue weighted by Gasteiger charge is -2.37. The Morgan fingerprint density at radius 1 is 1.00 bits per heavy atom. The second-order valence-electron chi connectivity index (χ2n) is 3.75. The van der Waals surface area contributed by atoms with Crippen LogP contribution in [0.15, 0.2) is 0 Å². The maximum atomic E-state index is 9.23. The van der Waals surface area contributed by atoms with Crippen LogP contribution in [-0.4, -0.2) is 17.5 Å². The van der Waals surface area contributed by atoms with Crippen molar-refractivity contribution < 1.29 is 9.84 Å². The third-order valence-electron chi connectivity index (χ3n) is 2.96. The van der Waals surface area contributed by atoms with E-state index in [1.807, 2.05) is 0 Å². The highest BCUT2D eigenvalue weighted by atomic mass is 16.6. The average molecular weight is 156 g/mol. The molecule has 3 atom stereocenters. The Bertz CT molecular complexity index is 136. The largest absolute Gasteiger partial charge is 0.368 e. The van der Waals surface area contributed by atoms with Crippen molar-refractivity contribution in [1.29, 1.82) is 0 Å². The molecule has 0 unspecified atom stereocenters. The predicted octanol–water partition coefficient (Wildman–Crippen LogP) is 1.67. The zero-order chi connectivity index (χ0) is 7.68. The van der Waals surface area contributed by atoms with Crippen LogP contribution < -0.4 is 0 Å². The zero-order valence-corrected chi connectivity index (χ0v) is 6.83. The summed E-state index contributed by atoms with van der Waals surface area (Å²) in [7, 11) is 0. The Balaban J connectivity index is 1.93. The molecular formula is C9H16O2. The van der Waals surface area contributed by atoms with E-state index < -0.39 is 6.29 Å². The van der Waals surface area contributed by atoms with E-state index in [0.29, 0.717) is 6.10 Å². The molecule has 0 amide bonds. The minimum absolute atomic E-state index is 0.382. The molecular weight excluding hydrogens is 140 g/mol. The highest BCUT2D eigenvalue weighted by Gasteiger charge is 2.31. The van der Waals surface area contributed by atoms with Gasteiger partial charge in [-0.25, -0.2) is 0 Å². The van der Waals surface area contributed by atoms with Crippen LogP contribution in [-0.2, 0) is 4.74 Å². The van der Waals surface area contributed by atoms with E-state index in [1.165, 1.54) is 32.1 Å². The number of aliphatic hydroxyl groups is 1. The molecule has 1 saturated heterocycles. The molecule has 0 bridgehead atoms. The van der Waals surface area contributed by atoms with Gasteiger partial charge in [-0.3, -0.25) is 0 Å². The molecule has 2 aliphatic rings. The highest BCUT2D eigenvalue weighted by molar-refractivity contribution is 4.79. The van der Waals surface area contributed by atoms with Crippen LogP contribution in [0.3, 0.4) is 0 Å². The lowest BCUT2D eigenvalue weighted by Crippen LogP contribution is -2.36. The normalized spacial score (nSPS) is 45.0. The summed E-state index contributed by atoms with van der Waals surface area (Å²) in [6.07, 6.45) is 7.07. The van der Waals surface area contributed by atoms with Crippen molar-refractivity contribution in [3.05, 3.63) is 0 Å². The van der Waals surface area contributed by atoms with Gasteiger partial charge in [0.2, 0.25) is 0 Å². The Kier molecular flexibility index (Phi) is 2.14. The molecule has 2 fully saturated rings. The lowest BCUT2D eigenvalue weighted by atomic mass is 9.82. The average Bonchev–Trinajstić information content (AvgIpc) is 2.04. The van der Waals surface area contributed by atoms with E-state index in [1.54, 1.807) is 0 Å². The van der Waals surface area contributed by atoms with E-state index in [0.717, 1.165) is 12.3 Å². The van der Waals surface area contributed by atoms with Gasteiger partial charge in [-0.2, -0.15) is 0 Å². The monoisotopic (exact) mass is 156 g/mol. The molecule has 1 saturated carbocycles. The lowest BCUT2D eigenvalue weighted by molar-refractivity contribution is -0.190. The van der Waals surface area contributed by atoms with Gasteiger partial charge in [0.15, 0.2) is 6.29 Å². The molecule has 1 aliphatic heterocycles. The number of hydrogen-bond donors (Lipinski definition) is 1. The summed E-state index contributed by atoms with van der Waals surface area (Å²) in [6.45, 7) is 0. The van der Waals surface area contributed by atoms with Crippen LogP contribution >= 0.6 is 0 Å². The predicted molar refractivity (Wildman–Crippen MR) is 42.1 cm³/mol. The first-order chi connectivity index (χ1) is 5.36. The second kappa shape index (κ2) is 3.11. The number of rotatable bonds is 0. The van der Waals surface area contributed by atoms with Crippen molar-refractivity contribution in [1.82, 2.24) is 0 Å². The number of hydrogen-bond acceptors (Lipinski definition) is 2. The molecule has 2 nitrogen and oxygen atoms in total. The summed E-state index contributed by atoms with van der Waals surface area (Å²) < 4.78 is 5.45. The van der Waals surface area contributed by atoms with Crippen LogP contribution in [0.4, 0.5) is 0 Å². The molecule has 0 spiro atoms. The summed E-state index contributed by atoms with van der Waals surface area (Å²) in [5.41, 5.74) is 0. The van der Waals surface area contributed by atoms with Crippen LogP contribution in [0.25, 0.3) is 0 Å². The van der Waals surface area contributed by atoms with E-state index in [4.69, 9.17) is 4.74 Å². The topological polar surface area (TPSA) is 29.5 Å². The maximum Gasteiger partial charge on any atom is 0.154 e. The third kappa shape index (κ3) is 1.57. The van der Waals surface area contributed by atoms with E-state index >= 15 is 0 Å². The molecule has 0 aromatic heterocycles. The fourth-order valence-corrected chi connectivity index (χ4v) is 2.31. The van der Waals surface area contributed by atoms with Gasteiger partial charge in [0.1, 0.15) is 0 Å². The van der Waals surface area contributed by atoms with E-state index in [-0.39, 0.29) is 0 Å². The van der Waals surface area contributed by atoms with Crippen molar-refractivity contribution in [2.24, 2.45) is 5.92 Å². The fourth-order valence-electron chi connectivity index (χ4n) is 2.31. The molecule has 1 heterocycles. The van der Waals surface area contributed by atoms with Gasteiger partial charge < -0.3 is 9.84 Å². The summed E-state index contributed by atoms with van der Waals surface area (Å²) in [5, 5.41) is 9.23. The van der Waals surface area contributed by atoms with Crippen LogP contribution in [0.5, 0.6) is 0 Å². The first-order valence-electron chi connectivity index (χ1n) is 4.70. The first-order valence-corrected chi connectivity index (χ1v) is 4.70. The quantitative estimate of drug-likeness (QED) is 0.578. The highest BCUT2D eigenvalue weighted by Crippen LogP contribution is 2.34. The molecule has 64 valence electrons. The number of fused-ring (bicyclic) bond motifs is 1. The standard InChI is InChI=1S/C9H16O2/c10-9-6-5-7-3-1-2-4-8(7)11-9/h7-10H,1-6H2/t7-,8-,9+/m0/s1. The van der Waals surface area contributed by atoms with Crippen molar-refractivity contribution in [3.63, 3.8) is 0 Å². The second-order valence-corrected chi connectivity index (χ2v) is 3.75. The van der Waals surface area contributed by atoms with Gasteiger partial charge in [0.25, 0.3) is 0 Å². The van der Waals surface area contributed by atoms with Crippen LogP contribution in [0.1, 0.15) is 38.5 Å². The van der Waals surface area contributed by atoms with Gasteiger partial charge in [-0.1, -0.05) is 12.8 Å². The zero-order valence-electron chi connectivity index (χ0n) is 6.83. The Labute approximate surface area is 67.6 Å². The molecule has 1 aliphatic carbocycles. The first kappa shape index (κ1) is 7.56. The molecule has 1 N–H and O–H groups in total. The van der Waals surface area contributed by atoms with Crippen LogP contribution in [0.2, 0.25) is 0 Å². The van der Waals surface area contributed by atoms with Gasteiger partial charge >= 0.3 is 0 Å². The van der Waals surface area contributed by atoms with Crippen molar-refractivity contribution >= 4 is 0 Å². The molecule has 2 rings (SSSR count). The summed E-state index contributed by atoms with van der Waals surface area (Å²) in [5.74, 6) is 0.757. The molecule has 2 heteroatoms. The minimum Gasteiger partial charge on any atom is -0.368 e. The minimum atomic E-state index is -0.464. The van der Waals surface area contributed by atoms with E-state index in [2.05, 4.69) is 0 Å². The summed E-state index contributed by atoms with van der Waals surface area (Å²) in [6, 6.07) is 0. The van der Waals surface area contributed by atoms with E-state index in [9.17, 15) is 5.11 Å². The molecule has 11 heavy (non-hydrogen) atoms. The fraction of sp³-hybridized carbons (Fsp3) is 1.00. The van der Waals surface area contributed by atoms with Gasteiger partial charge in [-0.05, 0) is 31.6 Å². The van der Waals surface area contributed by atoms with Gasteiger partial charge in [-0.15, -0.1) is 0 Å². The van der Waals surface area contributed by atoms with Crippen LogP contribution in [0, 0.1) is 5.92 Å². The van der Waals surface area contributed by atoms with Crippen molar-refractivity contribution in [2.45, 2.75) is 50.9 Å². The van der Waals surface area contributed by atoms with Gasteiger partial charge in [0.05, 0.1) is 6.10 Å². The van der Waals surface area contributed by atoms with Gasteiger partial charge in [0, 0.05) is 0 Å². The molecule has 0 aromatic carbocycles.